The second kappa shape index (κ2) is 9.09. The molecule has 0 aromatic heterocycles. The van der Waals surface area contributed by atoms with Crippen molar-refractivity contribution in [3.05, 3.63) is 41.1 Å². The van der Waals surface area contributed by atoms with E-state index in [-0.39, 0.29) is 31.1 Å². The molecule has 1 saturated carbocycles. The minimum absolute atomic E-state index is 0.00624. The van der Waals surface area contributed by atoms with Gasteiger partial charge in [-0.1, -0.05) is 18.6 Å². The first-order valence-electron chi connectivity index (χ1n) is 9.74. The third-order valence-electron chi connectivity index (χ3n) is 5.46. The van der Waals surface area contributed by atoms with E-state index in [1.54, 1.807) is 32.2 Å². The molecule has 1 aromatic carbocycles. The van der Waals surface area contributed by atoms with Gasteiger partial charge < -0.3 is 25.0 Å². The highest BCUT2D eigenvalue weighted by atomic mass is 16.6. The number of carbonyl (C=O) groups is 3. The van der Waals surface area contributed by atoms with Gasteiger partial charge in [-0.2, -0.15) is 0 Å². The van der Waals surface area contributed by atoms with Gasteiger partial charge in [-0.05, 0) is 37.5 Å². The van der Waals surface area contributed by atoms with Gasteiger partial charge in [-0.25, -0.2) is 9.59 Å². The molecule has 2 aliphatic rings. The summed E-state index contributed by atoms with van der Waals surface area (Å²) in [5, 5.41) is 5.77. The van der Waals surface area contributed by atoms with Crippen LogP contribution in [-0.2, 0) is 19.1 Å². The molecule has 0 spiro atoms. The number of methoxy groups -OCH3 is 1. The van der Waals surface area contributed by atoms with Crippen molar-refractivity contribution in [1.82, 2.24) is 10.2 Å². The maximum absolute atomic E-state index is 12.7. The summed E-state index contributed by atoms with van der Waals surface area (Å²) in [4.78, 5) is 38.7. The second-order valence-electron chi connectivity index (χ2n) is 7.31. The molecule has 8 nitrogen and oxygen atoms in total. The maximum atomic E-state index is 12.7. The zero-order chi connectivity index (χ0) is 21.0. The first-order chi connectivity index (χ1) is 13.9. The Morgan fingerprint density at radius 3 is 2.69 bits per heavy atom. The number of hydrogen-bond acceptors (Lipinski definition) is 5. The normalized spacial score (nSPS) is 19.5. The number of amides is 3. The minimum atomic E-state index is -0.672. The average Bonchev–Trinajstić information content (AvgIpc) is 2.64. The lowest BCUT2D eigenvalue weighted by Gasteiger charge is -2.33. The Bertz CT molecular complexity index is 831. The number of ether oxygens (including phenoxy) is 2. The van der Waals surface area contributed by atoms with Gasteiger partial charge in [-0.15, -0.1) is 0 Å². The van der Waals surface area contributed by atoms with E-state index in [9.17, 15) is 14.4 Å². The molecule has 1 aromatic rings. The molecule has 3 rings (SSSR count). The van der Waals surface area contributed by atoms with Crippen molar-refractivity contribution in [1.29, 1.82) is 0 Å². The summed E-state index contributed by atoms with van der Waals surface area (Å²) in [6.45, 7) is 2.11. The number of hydrogen-bond donors (Lipinski definition) is 2. The Kier molecular flexibility index (Phi) is 6.53. The highest BCUT2D eigenvalue weighted by molar-refractivity contribution is 5.95. The molecule has 0 bridgehead atoms. The van der Waals surface area contributed by atoms with Crippen LogP contribution in [0.25, 0.3) is 0 Å². The Hall–Kier alpha value is -2.87. The molecular formula is C21H27N3O5. The van der Waals surface area contributed by atoms with E-state index < -0.39 is 12.0 Å². The van der Waals surface area contributed by atoms with E-state index in [0.717, 1.165) is 19.3 Å². The van der Waals surface area contributed by atoms with Crippen LogP contribution in [0, 0.1) is 5.92 Å². The second-order valence-corrected chi connectivity index (χ2v) is 7.31. The fourth-order valence-corrected chi connectivity index (χ4v) is 3.36. The molecule has 1 heterocycles. The summed E-state index contributed by atoms with van der Waals surface area (Å²) < 4.78 is 10.2. The summed E-state index contributed by atoms with van der Waals surface area (Å²) in [5.41, 5.74) is 2.20. The monoisotopic (exact) mass is 401 g/mol. The number of nitrogens with zero attached hydrogens (tertiary/aromatic N) is 1. The van der Waals surface area contributed by atoms with Crippen LogP contribution in [-0.4, -0.2) is 50.2 Å². The maximum Gasteiger partial charge on any atom is 0.338 e. The third-order valence-corrected chi connectivity index (χ3v) is 5.46. The van der Waals surface area contributed by atoms with Crippen LogP contribution < -0.4 is 10.6 Å². The number of allylic oxidation sites excluding steroid dienone is 1. The van der Waals surface area contributed by atoms with Crippen LogP contribution in [0.3, 0.4) is 0 Å². The summed E-state index contributed by atoms with van der Waals surface area (Å²) in [6, 6.07) is 6.19. The van der Waals surface area contributed by atoms with E-state index in [1.807, 2.05) is 6.07 Å². The predicted molar refractivity (Wildman–Crippen MR) is 107 cm³/mol. The number of benzene rings is 1. The molecule has 1 fully saturated rings. The SMILES string of the molecule is COCCOC(=O)C1=C(C)N(C)C(=O)NC1c1cccc(NC(=O)C2CCC2)c1. The summed E-state index contributed by atoms with van der Waals surface area (Å²) in [5.74, 6) is -0.442. The highest BCUT2D eigenvalue weighted by Gasteiger charge is 2.35. The zero-order valence-electron chi connectivity index (χ0n) is 17.0. The van der Waals surface area contributed by atoms with Gasteiger partial charge in [0.05, 0.1) is 18.2 Å². The Labute approximate surface area is 170 Å². The van der Waals surface area contributed by atoms with Crippen molar-refractivity contribution in [2.75, 3.05) is 32.7 Å². The van der Waals surface area contributed by atoms with Crippen molar-refractivity contribution >= 4 is 23.6 Å². The van der Waals surface area contributed by atoms with Crippen LogP contribution in [0.2, 0.25) is 0 Å². The van der Waals surface area contributed by atoms with Gasteiger partial charge in [0, 0.05) is 31.5 Å². The number of carbonyl (C=O) groups excluding carboxylic acids is 3. The molecule has 8 heteroatoms. The van der Waals surface area contributed by atoms with Gasteiger partial charge in [0.1, 0.15) is 6.61 Å². The van der Waals surface area contributed by atoms with E-state index in [1.165, 1.54) is 12.0 Å². The van der Waals surface area contributed by atoms with Gasteiger partial charge in [0.15, 0.2) is 0 Å². The summed E-state index contributed by atoms with van der Waals surface area (Å²) in [6.07, 6.45) is 2.91. The highest BCUT2D eigenvalue weighted by Crippen LogP contribution is 2.32. The van der Waals surface area contributed by atoms with Gasteiger partial charge in [-0.3, -0.25) is 4.79 Å². The molecule has 1 aliphatic carbocycles. The lowest BCUT2D eigenvalue weighted by Crippen LogP contribution is -2.46. The number of esters is 1. The first kappa shape index (κ1) is 20.9. The lowest BCUT2D eigenvalue weighted by atomic mass is 9.85. The molecule has 0 radical (unpaired) electrons. The molecule has 0 saturated heterocycles. The third kappa shape index (κ3) is 4.59. The van der Waals surface area contributed by atoms with Crippen LogP contribution in [0.5, 0.6) is 0 Å². The molecule has 1 unspecified atom stereocenters. The van der Waals surface area contributed by atoms with Crippen LogP contribution in [0.4, 0.5) is 10.5 Å². The molecule has 29 heavy (non-hydrogen) atoms. The minimum Gasteiger partial charge on any atom is -0.460 e. The standard InChI is InChI=1S/C21H27N3O5/c1-13-17(20(26)29-11-10-28-3)18(23-21(27)24(13)2)15-8-5-9-16(12-15)22-19(25)14-6-4-7-14/h5,8-9,12,14,18H,4,6-7,10-11H2,1-3H3,(H,22,25)(H,23,27). The molecule has 3 amide bonds. The Morgan fingerprint density at radius 1 is 1.28 bits per heavy atom. The smallest absolute Gasteiger partial charge is 0.338 e. The van der Waals surface area contributed by atoms with Crippen LogP contribution in [0.1, 0.15) is 37.8 Å². The number of urea groups is 1. The van der Waals surface area contributed by atoms with Crippen molar-refractivity contribution in [2.24, 2.45) is 5.92 Å². The predicted octanol–water partition coefficient (Wildman–Crippen LogP) is 2.58. The zero-order valence-corrected chi connectivity index (χ0v) is 17.0. The Balaban J connectivity index is 1.85. The average molecular weight is 401 g/mol. The van der Waals surface area contributed by atoms with Crippen LogP contribution >= 0.6 is 0 Å². The molecule has 1 atom stereocenters. The van der Waals surface area contributed by atoms with Crippen molar-refractivity contribution < 1.29 is 23.9 Å². The van der Waals surface area contributed by atoms with Gasteiger partial charge in [0.25, 0.3) is 0 Å². The number of rotatable bonds is 7. The van der Waals surface area contributed by atoms with E-state index in [0.29, 0.717) is 22.5 Å². The fourth-order valence-electron chi connectivity index (χ4n) is 3.36. The van der Waals surface area contributed by atoms with E-state index in [4.69, 9.17) is 9.47 Å². The van der Waals surface area contributed by atoms with Crippen molar-refractivity contribution in [3.8, 4) is 0 Å². The quantitative estimate of drug-likeness (QED) is 0.541. The molecule has 1 aliphatic heterocycles. The van der Waals surface area contributed by atoms with E-state index in [2.05, 4.69) is 10.6 Å². The van der Waals surface area contributed by atoms with Crippen LogP contribution in [0.15, 0.2) is 35.5 Å². The lowest BCUT2D eigenvalue weighted by molar-refractivity contribution is -0.141. The molecular weight excluding hydrogens is 374 g/mol. The fraction of sp³-hybridized carbons (Fsp3) is 0.476. The number of nitrogens with one attached hydrogen (secondary N) is 2. The van der Waals surface area contributed by atoms with Gasteiger partial charge in [0.2, 0.25) is 5.91 Å². The molecule has 2 N–H and O–H groups in total. The summed E-state index contributed by atoms with van der Waals surface area (Å²) in [7, 11) is 3.12. The topological polar surface area (TPSA) is 97.0 Å². The van der Waals surface area contributed by atoms with E-state index >= 15 is 0 Å². The van der Waals surface area contributed by atoms with Crippen molar-refractivity contribution in [3.63, 3.8) is 0 Å². The molecule has 156 valence electrons. The Morgan fingerprint density at radius 2 is 2.03 bits per heavy atom. The largest absolute Gasteiger partial charge is 0.460 e. The first-order valence-corrected chi connectivity index (χ1v) is 9.74. The number of anilines is 1. The van der Waals surface area contributed by atoms with Crippen molar-refractivity contribution in [2.45, 2.75) is 32.2 Å². The van der Waals surface area contributed by atoms with Gasteiger partial charge >= 0.3 is 12.0 Å². The summed E-state index contributed by atoms with van der Waals surface area (Å²) >= 11 is 0.